The molecule has 5 nitrogen and oxygen atoms in total. The number of nitrogens with two attached hydrogens (primary N) is 1. The predicted molar refractivity (Wildman–Crippen MR) is 79.0 cm³/mol. The molecule has 114 valence electrons. The molecule has 0 spiro atoms. The van der Waals surface area contributed by atoms with Gasteiger partial charge in [-0.15, -0.1) is 0 Å². The second-order valence-electron chi connectivity index (χ2n) is 5.74. The van der Waals surface area contributed by atoms with E-state index in [0.29, 0.717) is 13.1 Å². The molecule has 1 aliphatic carbocycles. The Kier molecular flexibility index (Phi) is 4.01. The highest BCUT2D eigenvalue weighted by Gasteiger charge is 2.32. The molecule has 3 rings (SSSR count). The van der Waals surface area contributed by atoms with Gasteiger partial charge >= 0.3 is 0 Å². The molecule has 1 aliphatic heterocycles. The molecule has 2 unspecified atom stereocenters. The molecule has 1 aromatic rings. The van der Waals surface area contributed by atoms with Gasteiger partial charge in [-0.05, 0) is 37.5 Å². The van der Waals surface area contributed by atoms with Crippen LogP contribution in [0.15, 0.2) is 18.2 Å². The molecular weight excluding hydrogens is 268 g/mol. The van der Waals surface area contributed by atoms with E-state index < -0.39 is 0 Å². The highest BCUT2D eigenvalue weighted by atomic mass is 16.7. The van der Waals surface area contributed by atoms with Crippen LogP contribution in [-0.2, 0) is 11.3 Å². The maximum absolute atomic E-state index is 12.6. The highest BCUT2D eigenvalue weighted by Crippen LogP contribution is 2.33. The van der Waals surface area contributed by atoms with E-state index in [2.05, 4.69) is 0 Å². The first-order valence-corrected chi connectivity index (χ1v) is 7.62. The smallest absolute Gasteiger partial charge is 0.231 e. The van der Waals surface area contributed by atoms with Gasteiger partial charge in [-0.1, -0.05) is 12.5 Å². The molecule has 0 saturated heterocycles. The van der Waals surface area contributed by atoms with Crippen molar-refractivity contribution in [3.05, 3.63) is 23.8 Å². The van der Waals surface area contributed by atoms with Gasteiger partial charge in [-0.3, -0.25) is 4.79 Å². The summed E-state index contributed by atoms with van der Waals surface area (Å²) in [7, 11) is 0. The van der Waals surface area contributed by atoms with Gasteiger partial charge in [-0.25, -0.2) is 0 Å². The predicted octanol–water partition coefficient (Wildman–Crippen LogP) is 1.89. The van der Waals surface area contributed by atoms with Crippen molar-refractivity contribution >= 4 is 5.91 Å². The number of ether oxygens (including phenoxy) is 2. The van der Waals surface area contributed by atoms with E-state index >= 15 is 0 Å². The van der Waals surface area contributed by atoms with Crippen LogP contribution in [0.1, 0.15) is 31.7 Å². The van der Waals surface area contributed by atoms with E-state index in [9.17, 15) is 4.79 Å². The van der Waals surface area contributed by atoms with Crippen molar-refractivity contribution in [3.8, 4) is 11.5 Å². The molecule has 1 amide bonds. The van der Waals surface area contributed by atoms with Gasteiger partial charge in [0.05, 0.1) is 5.92 Å². The first kappa shape index (κ1) is 14.2. The van der Waals surface area contributed by atoms with Crippen LogP contribution in [0.5, 0.6) is 11.5 Å². The minimum absolute atomic E-state index is 0.0149. The lowest BCUT2D eigenvalue weighted by atomic mass is 10.0. The first-order valence-electron chi connectivity index (χ1n) is 7.62. The number of carbonyl (C=O) groups is 1. The SMILES string of the molecule is CCN(Cc1ccc2c(c1)OCO2)C(=O)C1CCCC1N. The van der Waals surface area contributed by atoms with Crippen LogP contribution in [0.3, 0.4) is 0 Å². The van der Waals surface area contributed by atoms with Crippen molar-refractivity contribution in [2.45, 2.75) is 38.8 Å². The van der Waals surface area contributed by atoms with Crippen molar-refractivity contribution in [1.29, 1.82) is 0 Å². The van der Waals surface area contributed by atoms with Crippen molar-refractivity contribution < 1.29 is 14.3 Å². The van der Waals surface area contributed by atoms with E-state index in [4.69, 9.17) is 15.2 Å². The summed E-state index contributed by atoms with van der Waals surface area (Å²) in [6.07, 6.45) is 2.93. The van der Waals surface area contributed by atoms with Crippen LogP contribution in [0, 0.1) is 5.92 Å². The summed E-state index contributed by atoms with van der Waals surface area (Å²) >= 11 is 0. The Bertz CT molecular complexity index is 532. The van der Waals surface area contributed by atoms with Gasteiger partial charge in [0, 0.05) is 19.1 Å². The van der Waals surface area contributed by atoms with E-state index in [1.807, 2.05) is 30.0 Å². The van der Waals surface area contributed by atoms with E-state index in [1.54, 1.807) is 0 Å². The zero-order chi connectivity index (χ0) is 14.8. The average Bonchev–Trinajstić information content (AvgIpc) is 3.12. The van der Waals surface area contributed by atoms with Crippen LogP contribution in [0.2, 0.25) is 0 Å². The molecule has 1 fully saturated rings. The molecule has 5 heteroatoms. The van der Waals surface area contributed by atoms with Crippen LogP contribution < -0.4 is 15.2 Å². The van der Waals surface area contributed by atoms with Crippen molar-refractivity contribution in [2.24, 2.45) is 11.7 Å². The van der Waals surface area contributed by atoms with E-state index in [0.717, 1.165) is 36.3 Å². The molecule has 1 aromatic carbocycles. The zero-order valence-corrected chi connectivity index (χ0v) is 12.4. The summed E-state index contributed by atoms with van der Waals surface area (Å²) in [4.78, 5) is 14.5. The summed E-state index contributed by atoms with van der Waals surface area (Å²) in [6, 6.07) is 5.85. The highest BCUT2D eigenvalue weighted by molar-refractivity contribution is 5.80. The zero-order valence-electron chi connectivity index (χ0n) is 12.4. The molecule has 2 aliphatic rings. The van der Waals surface area contributed by atoms with Gasteiger partial charge < -0.3 is 20.1 Å². The number of rotatable bonds is 4. The third-order valence-electron chi connectivity index (χ3n) is 4.39. The van der Waals surface area contributed by atoms with Crippen molar-refractivity contribution in [1.82, 2.24) is 4.90 Å². The fraction of sp³-hybridized carbons (Fsp3) is 0.562. The third-order valence-corrected chi connectivity index (χ3v) is 4.39. The summed E-state index contributed by atoms with van der Waals surface area (Å²) in [5, 5.41) is 0. The van der Waals surface area contributed by atoms with E-state index in [1.165, 1.54) is 0 Å². The Morgan fingerprint density at radius 3 is 2.86 bits per heavy atom. The van der Waals surface area contributed by atoms with Crippen molar-refractivity contribution in [2.75, 3.05) is 13.3 Å². The van der Waals surface area contributed by atoms with Crippen LogP contribution in [-0.4, -0.2) is 30.2 Å². The Hall–Kier alpha value is -1.75. The summed E-state index contributed by atoms with van der Waals surface area (Å²) in [5.74, 6) is 1.69. The molecule has 1 saturated carbocycles. The second kappa shape index (κ2) is 5.93. The minimum Gasteiger partial charge on any atom is -0.454 e. The van der Waals surface area contributed by atoms with Gasteiger partial charge in [0.25, 0.3) is 0 Å². The molecule has 0 aromatic heterocycles. The van der Waals surface area contributed by atoms with Gasteiger partial charge in [0.15, 0.2) is 11.5 Å². The first-order chi connectivity index (χ1) is 10.2. The summed E-state index contributed by atoms with van der Waals surface area (Å²) < 4.78 is 10.7. The average molecular weight is 290 g/mol. The number of nitrogens with zero attached hydrogens (tertiary/aromatic N) is 1. The topological polar surface area (TPSA) is 64.8 Å². The Balaban J connectivity index is 1.70. The number of hydrogen-bond donors (Lipinski definition) is 1. The lowest BCUT2D eigenvalue weighted by molar-refractivity contribution is -0.136. The van der Waals surface area contributed by atoms with Gasteiger partial charge in [0.1, 0.15) is 0 Å². The maximum atomic E-state index is 12.6. The van der Waals surface area contributed by atoms with Crippen molar-refractivity contribution in [3.63, 3.8) is 0 Å². The lowest BCUT2D eigenvalue weighted by Gasteiger charge is -2.26. The lowest BCUT2D eigenvalue weighted by Crippen LogP contribution is -2.41. The summed E-state index contributed by atoms with van der Waals surface area (Å²) in [6.45, 7) is 3.56. The summed E-state index contributed by atoms with van der Waals surface area (Å²) in [5.41, 5.74) is 7.11. The largest absolute Gasteiger partial charge is 0.454 e. The van der Waals surface area contributed by atoms with Crippen LogP contribution in [0.4, 0.5) is 0 Å². The molecule has 1 heterocycles. The molecular formula is C16H22N2O3. The standard InChI is InChI=1S/C16H22N2O3/c1-2-18(16(19)12-4-3-5-13(12)17)9-11-6-7-14-15(8-11)21-10-20-14/h6-8,12-13H,2-5,9-10,17H2,1H3. The number of hydrogen-bond acceptors (Lipinski definition) is 4. The van der Waals surface area contributed by atoms with Gasteiger partial charge in [-0.2, -0.15) is 0 Å². The number of fused-ring (bicyclic) bond motifs is 1. The monoisotopic (exact) mass is 290 g/mol. The quantitative estimate of drug-likeness (QED) is 0.919. The molecule has 21 heavy (non-hydrogen) atoms. The second-order valence-corrected chi connectivity index (χ2v) is 5.74. The van der Waals surface area contributed by atoms with Crippen LogP contribution in [0.25, 0.3) is 0 Å². The fourth-order valence-electron chi connectivity index (χ4n) is 3.14. The normalized spacial score (nSPS) is 23.3. The van der Waals surface area contributed by atoms with Crippen LogP contribution >= 0.6 is 0 Å². The maximum Gasteiger partial charge on any atom is 0.231 e. The number of benzene rings is 1. The molecule has 2 atom stereocenters. The fourth-order valence-corrected chi connectivity index (χ4v) is 3.14. The Labute approximate surface area is 125 Å². The minimum atomic E-state index is -0.0149. The molecule has 2 N–H and O–H groups in total. The Morgan fingerprint density at radius 2 is 2.14 bits per heavy atom. The number of carbonyl (C=O) groups excluding carboxylic acids is 1. The number of amides is 1. The van der Waals surface area contributed by atoms with Gasteiger partial charge in [0.2, 0.25) is 12.7 Å². The Morgan fingerprint density at radius 1 is 1.33 bits per heavy atom. The molecule has 0 bridgehead atoms. The van der Waals surface area contributed by atoms with E-state index in [-0.39, 0.29) is 24.7 Å². The third kappa shape index (κ3) is 2.83. The molecule has 0 radical (unpaired) electrons.